The maximum atomic E-state index is 14.3. The van der Waals surface area contributed by atoms with Crippen LogP contribution in [0.15, 0.2) is 48.2 Å². The zero-order valence-corrected chi connectivity index (χ0v) is 16.8. The van der Waals surface area contributed by atoms with E-state index in [2.05, 4.69) is 10.2 Å². The van der Waals surface area contributed by atoms with Gasteiger partial charge in [-0.15, -0.1) is 0 Å². The van der Waals surface area contributed by atoms with Crippen molar-refractivity contribution < 1.29 is 18.7 Å². The summed E-state index contributed by atoms with van der Waals surface area (Å²) in [5.41, 5.74) is 1.73. The van der Waals surface area contributed by atoms with Gasteiger partial charge in [0.15, 0.2) is 0 Å². The fourth-order valence-corrected chi connectivity index (χ4v) is 4.16. The van der Waals surface area contributed by atoms with Gasteiger partial charge in [-0.25, -0.2) is 9.18 Å². The van der Waals surface area contributed by atoms with Crippen LogP contribution in [0.4, 0.5) is 14.9 Å². The summed E-state index contributed by atoms with van der Waals surface area (Å²) in [6, 6.07) is 11.6. The molecule has 3 heterocycles. The summed E-state index contributed by atoms with van der Waals surface area (Å²) in [6.45, 7) is 1.73. The Morgan fingerprint density at radius 2 is 1.93 bits per heavy atom. The normalized spacial score (nSPS) is 21.9. The van der Waals surface area contributed by atoms with E-state index in [-0.39, 0.29) is 5.92 Å². The lowest BCUT2D eigenvalue weighted by molar-refractivity contribution is 0.0103. The first-order chi connectivity index (χ1) is 14.0. The number of ether oxygens (including phenoxy) is 2. The van der Waals surface area contributed by atoms with E-state index < -0.39 is 18.0 Å². The van der Waals surface area contributed by atoms with E-state index >= 15 is 0 Å². The predicted molar refractivity (Wildman–Crippen MR) is 111 cm³/mol. The van der Waals surface area contributed by atoms with Crippen molar-refractivity contribution in [3.8, 4) is 5.75 Å². The number of rotatable bonds is 4. The van der Waals surface area contributed by atoms with Gasteiger partial charge in [0.1, 0.15) is 17.7 Å². The molecule has 5 nitrogen and oxygen atoms in total. The van der Waals surface area contributed by atoms with Crippen LogP contribution < -0.4 is 10.1 Å². The van der Waals surface area contributed by atoms with Gasteiger partial charge >= 0.3 is 6.09 Å². The summed E-state index contributed by atoms with van der Waals surface area (Å²) < 4.78 is 25.2. The number of methoxy groups -OCH3 is 1. The zero-order chi connectivity index (χ0) is 20.4. The fraction of sp³-hybridized carbons (Fsp3) is 0.318. The number of nitrogens with one attached hydrogen (secondary N) is 1. The molecule has 0 radical (unpaired) electrons. The highest BCUT2D eigenvalue weighted by atomic mass is 35.5. The van der Waals surface area contributed by atoms with Gasteiger partial charge in [0.05, 0.1) is 17.8 Å². The monoisotopic (exact) mass is 416 g/mol. The van der Waals surface area contributed by atoms with Crippen molar-refractivity contribution >= 4 is 29.5 Å². The molecule has 0 aliphatic carbocycles. The van der Waals surface area contributed by atoms with Gasteiger partial charge in [-0.3, -0.25) is 5.32 Å². The minimum Gasteiger partial charge on any atom is -0.497 e. The molecular weight excluding hydrogens is 395 g/mol. The molecular formula is C22H22ClFN2O3. The molecule has 3 aliphatic heterocycles. The quantitative estimate of drug-likeness (QED) is 0.746. The molecule has 29 heavy (non-hydrogen) atoms. The van der Waals surface area contributed by atoms with E-state index in [1.807, 2.05) is 0 Å². The number of amides is 1. The topological polar surface area (TPSA) is 50.8 Å². The Kier molecular flexibility index (Phi) is 5.62. The number of carbonyl (C=O) groups is 1. The summed E-state index contributed by atoms with van der Waals surface area (Å²) >= 11 is 6.20. The minimum atomic E-state index is -0.542. The second-order valence-corrected chi connectivity index (χ2v) is 7.62. The van der Waals surface area contributed by atoms with Crippen molar-refractivity contribution in [2.24, 2.45) is 5.92 Å². The van der Waals surface area contributed by atoms with Crippen LogP contribution in [0.2, 0.25) is 5.02 Å². The molecule has 0 spiro atoms. The Morgan fingerprint density at radius 1 is 1.21 bits per heavy atom. The minimum absolute atomic E-state index is 0.207. The Hall–Kier alpha value is -2.73. The van der Waals surface area contributed by atoms with Crippen molar-refractivity contribution in [1.82, 2.24) is 4.90 Å². The highest BCUT2D eigenvalue weighted by Crippen LogP contribution is 2.38. The van der Waals surface area contributed by atoms with Crippen LogP contribution in [-0.2, 0) is 4.74 Å². The molecule has 0 unspecified atom stereocenters. The number of hydrogen-bond donors (Lipinski definition) is 1. The van der Waals surface area contributed by atoms with E-state index in [9.17, 15) is 9.18 Å². The summed E-state index contributed by atoms with van der Waals surface area (Å²) in [5, 5.41) is 3.08. The number of carbonyl (C=O) groups excluding carboxylic acids is 1. The fourth-order valence-electron chi connectivity index (χ4n) is 3.95. The number of piperidine rings is 3. The lowest BCUT2D eigenvalue weighted by atomic mass is 9.82. The molecule has 3 saturated heterocycles. The van der Waals surface area contributed by atoms with E-state index in [0.29, 0.717) is 22.0 Å². The van der Waals surface area contributed by atoms with Gasteiger partial charge in [0.2, 0.25) is 0 Å². The lowest BCUT2D eigenvalue weighted by Gasteiger charge is -2.47. The number of fused-ring (bicyclic) bond motifs is 3. The molecule has 0 saturated carbocycles. The molecule has 1 amide bonds. The molecule has 2 bridgehead atoms. The van der Waals surface area contributed by atoms with Gasteiger partial charge in [0.25, 0.3) is 0 Å². The summed E-state index contributed by atoms with van der Waals surface area (Å²) in [5.74, 6) is 0.515. The Balaban J connectivity index is 1.55. The van der Waals surface area contributed by atoms with Crippen molar-refractivity contribution in [3.05, 3.63) is 64.6 Å². The van der Waals surface area contributed by atoms with Gasteiger partial charge in [-0.2, -0.15) is 0 Å². The molecule has 2 aromatic rings. The molecule has 2 aromatic carbocycles. The van der Waals surface area contributed by atoms with Crippen LogP contribution in [0.1, 0.15) is 18.4 Å². The van der Waals surface area contributed by atoms with Crippen LogP contribution in [0.5, 0.6) is 5.75 Å². The Morgan fingerprint density at radius 3 is 2.59 bits per heavy atom. The predicted octanol–water partition coefficient (Wildman–Crippen LogP) is 5.17. The first-order valence-corrected chi connectivity index (χ1v) is 9.95. The van der Waals surface area contributed by atoms with Crippen molar-refractivity contribution in [2.45, 2.75) is 18.9 Å². The highest BCUT2D eigenvalue weighted by molar-refractivity contribution is 6.32. The largest absolute Gasteiger partial charge is 0.497 e. The smallest absolute Gasteiger partial charge is 0.412 e. The molecule has 152 valence electrons. The standard InChI is InChI=1S/C22H22ClFN2O3/c1-28-16-7-5-15(6-8-16)25-22(27)29-21-14-9-11-26(12-10-14)20(21)13-17-18(23)3-2-4-19(17)24/h2-8,13-14,21H,9-12H2,1H3,(H,25,27)/t21-/m0/s1. The molecule has 3 fully saturated rings. The van der Waals surface area contributed by atoms with Crippen LogP contribution in [0.25, 0.3) is 6.08 Å². The third kappa shape index (κ3) is 4.17. The van der Waals surface area contributed by atoms with Crippen molar-refractivity contribution in [1.29, 1.82) is 0 Å². The summed E-state index contributed by atoms with van der Waals surface area (Å²) in [4.78, 5) is 14.7. The maximum absolute atomic E-state index is 14.3. The van der Waals surface area contributed by atoms with E-state index in [4.69, 9.17) is 21.1 Å². The average molecular weight is 417 g/mol. The number of halogens is 2. The first-order valence-electron chi connectivity index (χ1n) is 9.57. The Bertz CT molecular complexity index is 904. The second-order valence-electron chi connectivity index (χ2n) is 7.21. The lowest BCUT2D eigenvalue weighted by Crippen LogP contribution is -2.50. The van der Waals surface area contributed by atoms with Crippen molar-refractivity contribution in [3.63, 3.8) is 0 Å². The third-order valence-electron chi connectivity index (χ3n) is 5.49. The molecule has 0 aromatic heterocycles. The Labute approximate surface area is 174 Å². The summed E-state index contributed by atoms with van der Waals surface area (Å²) in [7, 11) is 1.58. The zero-order valence-electron chi connectivity index (χ0n) is 16.0. The second kappa shape index (κ2) is 8.33. The van der Waals surface area contributed by atoms with Gasteiger partial charge in [0, 0.05) is 30.3 Å². The van der Waals surface area contributed by atoms with Crippen LogP contribution >= 0.6 is 11.6 Å². The SMILES string of the molecule is COc1ccc(NC(=O)O[C@@H]2C(=Cc3c(F)cccc3Cl)N3CCC2CC3)cc1. The van der Waals surface area contributed by atoms with Crippen molar-refractivity contribution in [2.75, 3.05) is 25.5 Å². The third-order valence-corrected chi connectivity index (χ3v) is 5.82. The molecule has 1 atom stereocenters. The number of anilines is 1. The molecule has 5 rings (SSSR count). The highest BCUT2D eigenvalue weighted by Gasteiger charge is 2.40. The van der Waals surface area contributed by atoms with Crippen LogP contribution in [0.3, 0.4) is 0 Å². The summed E-state index contributed by atoms with van der Waals surface area (Å²) in [6.07, 6.45) is 2.60. The van der Waals surface area contributed by atoms with E-state index in [1.165, 1.54) is 6.07 Å². The number of hydrogen-bond acceptors (Lipinski definition) is 4. The van der Waals surface area contributed by atoms with Gasteiger partial charge < -0.3 is 14.4 Å². The number of nitrogens with zero attached hydrogens (tertiary/aromatic N) is 1. The molecule has 1 N–H and O–H groups in total. The average Bonchev–Trinajstić information content (AvgIpc) is 2.73. The number of benzene rings is 2. The van der Waals surface area contributed by atoms with Crippen LogP contribution in [0, 0.1) is 11.7 Å². The molecule has 3 aliphatic rings. The van der Waals surface area contributed by atoms with Crippen LogP contribution in [-0.4, -0.2) is 37.3 Å². The van der Waals surface area contributed by atoms with E-state index in [0.717, 1.165) is 31.6 Å². The maximum Gasteiger partial charge on any atom is 0.412 e. The van der Waals surface area contributed by atoms with Gasteiger partial charge in [-0.05, 0) is 55.3 Å². The van der Waals surface area contributed by atoms with Gasteiger partial charge in [-0.1, -0.05) is 17.7 Å². The van der Waals surface area contributed by atoms with E-state index in [1.54, 1.807) is 49.6 Å². The first kappa shape index (κ1) is 19.6. The molecule has 7 heteroatoms.